The molecule has 0 unspecified atom stereocenters. The summed E-state index contributed by atoms with van der Waals surface area (Å²) < 4.78 is 25.8. The van der Waals surface area contributed by atoms with Gasteiger partial charge in [0.1, 0.15) is 17.3 Å². The van der Waals surface area contributed by atoms with Crippen molar-refractivity contribution in [2.75, 3.05) is 13.2 Å². The van der Waals surface area contributed by atoms with Crippen molar-refractivity contribution in [3.8, 4) is 33.8 Å². The molecule has 0 aliphatic carbocycles. The van der Waals surface area contributed by atoms with Crippen LogP contribution in [0.4, 0.5) is 4.39 Å². The van der Waals surface area contributed by atoms with E-state index in [1.807, 2.05) is 67.6 Å². The van der Waals surface area contributed by atoms with Gasteiger partial charge in [-0.25, -0.2) is 4.39 Å². The second kappa shape index (κ2) is 9.22. The van der Waals surface area contributed by atoms with Crippen LogP contribution >= 0.6 is 0 Å². The standard InChI is InChI=1S/C24H25FO2/c1-3-5-16-27-22-13-8-19(9-14-22)23-15-10-20(17-24(23)25)18-6-11-21(12-7-18)26-4-2/h6-15,17H,3-5,16H2,1-2H3. The van der Waals surface area contributed by atoms with Gasteiger partial charge >= 0.3 is 0 Å². The predicted octanol–water partition coefficient (Wildman–Crippen LogP) is 6.74. The Morgan fingerprint density at radius 1 is 0.704 bits per heavy atom. The van der Waals surface area contributed by atoms with Crippen molar-refractivity contribution in [3.63, 3.8) is 0 Å². The van der Waals surface area contributed by atoms with Gasteiger partial charge in [-0.2, -0.15) is 0 Å². The van der Waals surface area contributed by atoms with Crippen LogP contribution in [0.2, 0.25) is 0 Å². The van der Waals surface area contributed by atoms with E-state index in [-0.39, 0.29) is 5.82 Å². The predicted molar refractivity (Wildman–Crippen MR) is 109 cm³/mol. The number of unbranched alkanes of at least 4 members (excludes halogenated alkanes) is 1. The number of benzene rings is 3. The van der Waals surface area contributed by atoms with Crippen LogP contribution in [0.25, 0.3) is 22.3 Å². The lowest BCUT2D eigenvalue weighted by Crippen LogP contribution is -1.96. The highest BCUT2D eigenvalue weighted by Gasteiger charge is 2.08. The molecule has 0 saturated heterocycles. The molecule has 0 saturated carbocycles. The quantitative estimate of drug-likeness (QED) is 0.412. The monoisotopic (exact) mass is 364 g/mol. The summed E-state index contributed by atoms with van der Waals surface area (Å²) in [6, 6.07) is 20.6. The number of rotatable bonds is 8. The van der Waals surface area contributed by atoms with Crippen LogP contribution in [0, 0.1) is 5.82 Å². The van der Waals surface area contributed by atoms with Gasteiger partial charge in [-0.15, -0.1) is 0 Å². The molecule has 0 amide bonds. The minimum absolute atomic E-state index is 0.235. The van der Waals surface area contributed by atoms with Crippen LogP contribution in [0.1, 0.15) is 26.7 Å². The molecule has 0 aliphatic rings. The van der Waals surface area contributed by atoms with Crippen molar-refractivity contribution in [2.24, 2.45) is 0 Å². The minimum Gasteiger partial charge on any atom is -0.494 e. The highest BCUT2D eigenvalue weighted by molar-refractivity contribution is 5.71. The summed E-state index contributed by atoms with van der Waals surface area (Å²) in [7, 11) is 0. The number of ether oxygens (including phenoxy) is 2. The van der Waals surface area contributed by atoms with E-state index < -0.39 is 0 Å². The van der Waals surface area contributed by atoms with Gasteiger partial charge < -0.3 is 9.47 Å². The lowest BCUT2D eigenvalue weighted by Gasteiger charge is -2.09. The summed E-state index contributed by atoms with van der Waals surface area (Å²) in [5.41, 5.74) is 3.24. The van der Waals surface area contributed by atoms with Gasteiger partial charge in [0.05, 0.1) is 13.2 Å². The number of hydrogen-bond acceptors (Lipinski definition) is 2. The fourth-order valence-electron chi connectivity index (χ4n) is 2.90. The van der Waals surface area contributed by atoms with E-state index in [2.05, 4.69) is 6.92 Å². The highest BCUT2D eigenvalue weighted by atomic mass is 19.1. The SMILES string of the molecule is CCCCOc1ccc(-c2ccc(-c3ccc(OCC)cc3)cc2F)cc1. The maximum atomic E-state index is 14.7. The Hall–Kier alpha value is -2.81. The Kier molecular flexibility index (Phi) is 6.48. The number of hydrogen-bond donors (Lipinski definition) is 0. The van der Waals surface area contributed by atoms with E-state index in [1.54, 1.807) is 6.07 Å². The molecule has 0 aromatic heterocycles. The molecule has 2 nitrogen and oxygen atoms in total. The van der Waals surface area contributed by atoms with E-state index in [1.165, 1.54) is 0 Å². The molecule has 27 heavy (non-hydrogen) atoms. The zero-order valence-corrected chi connectivity index (χ0v) is 15.9. The topological polar surface area (TPSA) is 18.5 Å². The molecule has 3 aromatic carbocycles. The lowest BCUT2D eigenvalue weighted by atomic mass is 9.99. The first-order valence-corrected chi connectivity index (χ1v) is 9.47. The Morgan fingerprint density at radius 2 is 1.30 bits per heavy atom. The van der Waals surface area contributed by atoms with Crippen LogP contribution < -0.4 is 9.47 Å². The van der Waals surface area contributed by atoms with Crippen molar-refractivity contribution in [1.82, 2.24) is 0 Å². The van der Waals surface area contributed by atoms with Gasteiger partial charge in [0.15, 0.2) is 0 Å². The molecule has 0 aliphatic heterocycles. The summed E-state index contributed by atoms with van der Waals surface area (Å²) in [6.45, 7) is 5.42. The smallest absolute Gasteiger partial charge is 0.131 e. The highest BCUT2D eigenvalue weighted by Crippen LogP contribution is 2.30. The third kappa shape index (κ3) is 4.88. The zero-order valence-electron chi connectivity index (χ0n) is 15.9. The Bertz CT molecular complexity index is 855. The van der Waals surface area contributed by atoms with Gasteiger partial charge in [0.25, 0.3) is 0 Å². The van der Waals surface area contributed by atoms with Crippen molar-refractivity contribution < 1.29 is 13.9 Å². The normalized spacial score (nSPS) is 10.6. The third-order valence-electron chi connectivity index (χ3n) is 4.40. The van der Waals surface area contributed by atoms with Crippen LogP contribution in [-0.4, -0.2) is 13.2 Å². The maximum absolute atomic E-state index is 14.7. The van der Waals surface area contributed by atoms with Gasteiger partial charge in [-0.3, -0.25) is 0 Å². The lowest BCUT2D eigenvalue weighted by molar-refractivity contribution is 0.309. The molecule has 0 fully saturated rings. The molecule has 3 heteroatoms. The van der Waals surface area contributed by atoms with Gasteiger partial charge in [0, 0.05) is 5.56 Å². The molecule has 3 rings (SSSR count). The first-order valence-electron chi connectivity index (χ1n) is 9.47. The molecule has 3 aromatic rings. The van der Waals surface area contributed by atoms with Gasteiger partial charge in [-0.05, 0) is 60.4 Å². The summed E-state index contributed by atoms with van der Waals surface area (Å²) >= 11 is 0. The molecular weight excluding hydrogens is 339 g/mol. The molecule has 0 N–H and O–H groups in total. The van der Waals surface area contributed by atoms with Crippen molar-refractivity contribution >= 4 is 0 Å². The fourth-order valence-corrected chi connectivity index (χ4v) is 2.90. The largest absolute Gasteiger partial charge is 0.494 e. The first kappa shape index (κ1) is 19.0. The average molecular weight is 364 g/mol. The van der Waals surface area contributed by atoms with Crippen LogP contribution in [0.5, 0.6) is 11.5 Å². The molecule has 0 atom stereocenters. The minimum atomic E-state index is -0.235. The van der Waals surface area contributed by atoms with Gasteiger partial charge in [0.2, 0.25) is 0 Å². The molecular formula is C24H25FO2. The summed E-state index contributed by atoms with van der Waals surface area (Å²) in [5.74, 6) is 1.40. The fraction of sp³-hybridized carbons (Fsp3) is 0.250. The van der Waals surface area contributed by atoms with E-state index in [0.717, 1.165) is 41.0 Å². The molecule has 140 valence electrons. The van der Waals surface area contributed by atoms with E-state index in [4.69, 9.17) is 9.47 Å². The van der Waals surface area contributed by atoms with Gasteiger partial charge in [-0.1, -0.05) is 49.7 Å². The Labute approximate surface area is 160 Å². The maximum Gasteiger partial charge on any atom is 0.131 e. The first-order chi connectivity index (χ1) is 13.2. The van der Waals surface area contributed by atoms with Crippen molar-refractivity contribution in [3.05, 3.63) is 72.5 Å². The zero-order chi connectivity index (χ0) is 19.1. The average Bonchev–Trinajstić information content (AvgIpc) is 2.70. The summed E-state index contributed by atoms with van der Waals surface area (Å²) in [4.78, 5) is 0. The van der Waals surface area contributed by atoms with E-state index in [0.29, 0.717) is 18.8 Å². The second-order valence-electron chi connectivity index (χ2n) is 6.38. The molecule has 0 radical (unpaired) electrons. The van der Waals surface area contributed by atoms with Crippen molar-refractivity contribution in [1.29, 1.82) is 0 Å². The number of halogens is 1. The molecule has 0 spiro atoms. The Morgan fingerprint density at radius 3 is 1.89 bits per heavy atom. The Balaban J connectivity index is 1.76. The molecule has 0 bridgehead atoms. The summed E-state index contributed by atoms with van der Waals surface area (Å²) in [5, 5.41) is 0. The second-order valence-corrected chi connectivity index (χ2v) is 6.38. The van der Waals surface area contributed by atoms with Crippen molar-refractivity contribution in [2.45, 2.75) is 26.7 Å². The van der Waals surface area contributed by atoms with Crippen LogP contribution in [0.3, 0.4) is 0 Å². The third-order valence-corrected chi connectivity index (χ3v) is 4.40. The van der Waals surface area contributed by atoms with E-state index >= 15 is 0 Å². The van der Waals surface area contributed by atoms with Crippen LogP contribution in [-0.2, 0) is 0 Å². The van der Waals surface area contributed by atoms with Crippen LogP contribution in [0.15, 0.2) is 66.7 Å². The summed E-state index contributed by atoms with van der Waals surface area (Å²) in [6.07, 6.45) is 2.13. The van der Waals surface area contributed by atoms with E-state index in [9.17, 15) is 4.39 Å². The molecule has 0 heterocycles.